The van der Waals surface area contributed by atoms with Crippen molar-refractivity contribution in [1.82, 2.24) is 10.2 Å². The van der Waals surface area contributed by atoms with Gasteiger partial charge in [-0.05, 0) is 37.3 Å². The van der Waals surface area contributed by atoms with E-state index in [1.165, 1.54) is 6.42 Å². The highest BCUT2D eigenvalue weighted by atomic mass is 16.1. The number of hydrogen-bond acceptors (Lipinski definition) is 3. The van der Waals surface area contributed by atoms with Crippen molar-refractivity contribution in [3.63, 3.8) is 0 Å². The van der Waals surface area contributed by atoms with Crippen LogP contribution >= 0.6 is 0 Å². The second-order valence-electron chi connectivity index (χ2n) is 5.56. The zero-order valence-corrected chi connectivity index (χ0v) is 10.1. The summed E-state index contributed by atoms with van der Waals surface area (Å²) in [4.78, 5) is 14.0. The molecule has 1 N–H and O–H groups in total. The van der Waals surface area contributed by atoms with E-state index in [9.17, 15) is 4.79 Å². The topological polar surface area (TPSA) is 32.3 Å². The number of ketones is 1. The minimum absolute atomic E-state index is 0.285. The maximum Gasteiger partial charge on any atom is 0.159 e. The minimum atomic E-state index is 0.285. The molecule has 0 saturated carbocycles. The summed E-state index contributed by atoms with van der Waals surface area (Å²) < 4.78 is 0. The van der Waals surface area contributed by atoms with Crippen molar-refractivity contribution in [2.45, 2.75) is 31.3 Å². The molecule has 3 aliphatic rings. The Kier molecular flexibility index (Phi) is 2.79. The highest BCUT2D eigenvalue weighted by Gasteiger charge is 2.43. The molecule has 0 radical (unpaired) electrons. The van der Waals surface area contributed by atoms with Gasteiger partial charge in [0.15, 0.2) is 5.78 Å². The van der Waals surface area contributed by atoms with Gasteiger partial charge in [0.1, 0.15) is 0 Å². The number of carbonyl (C=O) groups is 1. The number of nitrogens with one attached hydrogen (secondary N) is 1. The first-order valence-electron chi connectivity index (χ1n) is 6.59. The van der Waals surface area contributed by atoms with Gasteiger partial charge >= 0.3 is 0 Å². The fourth-order valence-corrected chi connectivity index (χ4v) is 3.68. The largest absolute Gasteiger partial charge is 0.373 e. The molecule has 3 nitrogen and oxygen atoms in total. The van der Waals surface area contributed by atoms with Gasteiger partial charge in [0.05, 0.1) is 0 Å². The number of allylic oxidation sites excluding steroid dienone is 1. The number of carbonyl (C=O) groups excluding carboxylic acids is 1. The van der Waals surface area contributed by atoms with E-state index in [4.69, 9.17) is 0 Å². The van der Waals surface area contributed by atoms with Gasteiger partial charge in [-0.2, -0.15) is 0 Å². The first-order chi connectivity index (χ1) is 8.28. The average molecular weight is 232 g/mol. The lowest BCUT2D eigenvalue weighted by molar-refractivity contribution is -0.118. The van der Waals surface area contributed by atoms with Gasteiger partial charge in [-0.25, -0.2) is 0 Å². The molecule has 3 heterocycles. The molecule has 3 aliphatic heterocycles. The molecule has 4 atom stereocenters. The Balaban J connectivity index is 1.83. The predicted octanol–water partition coefficient (Wildman–Crippen LogP) is 1.33. The molecule has 3 heteroatoms. The average Bonchev–Trinajstić information content (AvgIpc) is 2.34. The summed E-state index contributed by atoms with van der Waals surface area (Å²) in [6, 6.07) is 0.928. The van der Waals surface area contributed by atoms with Crippen LogP contribution in [0.3, 0.4) is 0 Å². The van der Waals surface area contributed by atoms with E-state index in [1.807, 2.05) is 12.3 Å². The van der Waals surface area contributed by atoms with Crippen molar-refractivity contribution in [2.24, 2.45) is 11.8 Å². The zero-order chi connectivity index (χ0) is 11.8. The number of rotatable bonds is 2. The number of hydrogen-bond donors (Lipinski definition) is 1. The highest BCUT2D eigenvalue weighted by molar-refractivity contribution is 5.90. The Morgan fingerprint density at radius 1 is 1.59 bits per heavy atom. The SMILES string of the molecule is C=CC[C@H]1NC[C@@H]2C[C@@H]1[C@H]1CC(=O)C=CN1C2. The number of piperidine rings is 2. The van der Waals surface area contributed by atoms with Crippen LogP contribution in [0.1, 0.15) is 19.3 Å². The van der Waals surface area contributed by atoms with Gasteiger partial charge in [-0.15, -0.1) is 6.58 Å². The van der Waals surface area contributed by atoms with E-state index in [0.29, 0.717) is 24.4 Å². The third-order valence-corrected chi connectivity index (χ3v) is 4.46. The van der Waals surface area contributed by atoms with Gasteiger partial charge in [-0.3, -0.25) is 4.79 Å². The first kappa shape index (κ1) is 11.0. The molecular weight excluding hydrogens is 212 g/mol. The van der Waals surface area contributed by atoms with Crippen molar-refractivity contribution < 1.29 is 4.79 Å². The quantitative estimate of drug-likeness (QED) is 0.729. The molecule has 2 bridgehead atoms. The zero-order valence-electron chi connectivity index (χ0n) is 10.1. The summed E-state index contributed by atoms with van der Waals surface area (Å²) >= 11 is 0. The second kappa shape index (κ2) is 4.30. The van der Waals surface area contributed by atoms with E-state index in [0.717, 1.165) is 25.4 Å². The molecule has 92 valence electrons. The van der Waals surface area contributed by atoms with Crippen molar-refractivity contribution in [3.05, 3.63) is 24.9 Å². The van der Waals surface area contributed by atoms with Crippen LogP contribution in [0.4, 0.5) is 0 Å². The van der Waals surface area contributed by atoms with Crippen molar-refractivity contribution in [2.75, 3.05) is 13.1 Å². The van der Waals surface area contributed by atoms with Gasteiger partial charge in [0.25, 0.3) is 0 Å². The van der Waals surface area contributed by atoms with Crippen LogP contribution in [-0.4, -0.2) is 35.9 Å². The summed E-state index contributed by atoms with van der Waals surface area (Å²) in [6.45, 7) is 6.07. The molecule has 0 aromatic rings. The van der Waals surface area contributed by atoms with Crippen LogP contribution in [-0.2, 0) is 4.79 Å². The van der Waals surface area contributed by atoms with Crippen LogP contribution in [0.15, 0.2) is 24.9 Å². The van der Waals surface area contributed by atoms with E-state index in [1.54, 1.807) is 6.08 Å². The van der Waals surface area contributed by atoms with Crippen molar-refractivity contribution >= 4 is 5.78 Å². The molecule has 2 fully saturated rings. The van der Waals surface area contributed by atoms with Crippen molar-refractivity contribution in [1.29, 1.82) is 0 Å². The molecule has 0 amide bonds. The molecule has 17 heavy (non-hydrogen) atoms. The summed E-state index contributed by atoms with van der Waals surface area (Å²) in [5.41, 5.74) is 0. The first-order valence-corrected chi connectivity index (χ1v) is 6.59. The van der Waals surface area contributed by atoms with Crippen LogP contribution in [0.5, 0.6) is 0 Å². The molecule has 0 spiro atoms. The Morgan fingerprint density at radius 2 is 2.47 bits per heavy atom. The Bertz CT molecular complexity index is 363. The van der Waals surface area contributed by atoms with Crippen LogP contribution in [0, 0.1) is 11.8 Å². The maximum absolute atomic E-state index is 11.6. The lowest BCUT2D eigenvalue weighted by atomic mass is 9.72. The molecule has 2 saturated heterocycles. The standard InChI is InChI=1S/C14H20N2O/c1-2-3-13-12-6-10(8-15-13)9-16-5-4-11(17)7-14(12)16/h2,4-5,10,12-15H,1,3,6-9H2/t10-,12-,13+,14+/m0/s1. The molecular formula is C14H20N2O. The van der Waals surface area contributed by atoms with Crippen LogP contribution < -0.4 is 5.32 Å². The normalized spacial score (nSPS) is 40.0. The van der Waals surface area contributed by atoms with E-state index in [2.05, 4.69) is 16.8 Å². The fraction of sp³-hybridized carbons (Fsp3) is 0.643. The Hall–Kier alpha value is -1.09. The molecule has 0 aliphatic carbocycles. The third kappa shape index (κ3) is 1.93. The van der Waals surface area contributed by atoms with Crippen LogP contribution in [0.2, 0.25) is 0 Å². The second-order valence-corrected chi connectivity index (χ2v) is 5.56. The number of nitrogens with zero attached hydrogens (tertiary/aromatic N) is 1. The van der Waals surface area contributed by atoms with Gasteiger partial charge in [0, 0.05) is 31.2 Å². The lowest BCUT2D eigenvalue weighted by Gasteiger charge is -2.51. The van der Waals surface area contributed by atoms with Crippen molar-refractivity contribution in [3.8, 4) is 0 Å². The van der Waals surface area contributed by atoms with Gasteiger partial charge < -0.3 is 10.2 Å². The molecule has 0 unspecified atom stereocenters. The molecule has 3 rings (SSSR count). The summed E-state index contributed by atoms with van der Waals surface area (Å²) in [5.74, 6) is 1.64. The van der Waals surface area contributed by atoms with E-state index in [-0.39, 0.29) is 5.78 Å². The van der Waals surface area contributed by atoms with Crippen LogP contribution in [0.25, 0.3) is 0 Å². The van der Waals surface area contributed by atoms with E-state index < -0.39 is 0 Å². The summed E-state index contributed by atoms with van der Waals surface area (Å²) in [7, 11) is 0. The monoisotopic (exact) mass is 232 g/mol. The predicted molar refractivity (Wildman–Crippen MR) is 67.5 cm³/mol. The smallest absolute Gasteiger partial charge is 0.159 e. The Labute approximate surface area is 103 Å². The minimum Gasteiger partial charge on any atom is -0.373 e. The highest BCUT2D eigenvalue weighted by Crippen LogP contribution is 2.37. The fourth-order valence-electron chi connectivity index (χ4n) is 3.68. The summed E-state index contributed by atoms with van der Waals surface area (Å²) in [5, 5.41) is 3.64. The van der Waals surface area contributed by atoms with Gasteiger partial charge in [0.2, 0.25) is 0 Å². The lowest BCUT2D eigenvalue weighted by Crippen LogP contribution is -2.60. The Morgan fingerprint density at radius 3 is 3.29 bits per heavy atom. The maximum atomic E-state index is 11.6. The molecule has 0 aromatic heterocycles. The number of fused-ring (bicyclic) bond motifs is 4. The third-order valence-electron chi connectivity index (χ3n) is 4.46. The van der Waals surface area contributed by atoms with E-state index >= 15 is 0 Å². The van der Waals surface area contributed by atoms with Gasteiger partial charge in [-0.1, -0.05) is 6.08 Å². The summed E-state index contributed by atoms with van der Waals surface area (Å²) in [6.07, 6.45) is 8.74. The molecule has 0 aromatic carbocycles.